The molecular formula is C98H133BBrCl3CuN8O18. The van der Waals surface area contributed by atoms with Gasteiger partial charge in [0, 0.05) is 134 Å². The molecule has 2 radical (unpaired) electrons. The van der Waals surface area contributed by atoms with Gasteiger partial charge in [-0.3, -0.25) is 19.6 Å². The van der Waals surface area contributed by atoms with E-state index in [0.29, 0.717) is 56.4 Å². The van der Waals surface area contributed by atoms with Crippen LogP contribution in [-0.2, 0) is 76.9 Å². The molecule has 0 unspecified atom stereocenters. The number of halogens is 4. The molecule has 11 N–H and O–H groups in total. The van der Waals surface area contributed by atoms with Crippen LogP contribution < -0.4 is 19.7 Å². The van der Waals surface area contributed by atoms with E-state index in [1.54, 1.807) is 85.5 Å². The third-order valence-electron chi connectivity index (χ3n) is 28.6. The van der Waals surface area contributed by atoms with Crippen LogP contribution in [0.15, 0.2) is 106 Å². The number of methoxy groups -OCH3 is 7. The van der Waals surface area contributed by atoms with Crippen molar-refractivity contribution in [1.29, 1.82) is 0 Å². The second kappa shape index (κ2) is 46.7. The van der Waals surface area contributed by atoms with E-state index in [4.69, 9.17) is 62.8 Å². The Kier molecular flexibility index (Phi) is 37.6. The standard InChI is InChI=1S/C23H29BrN2O4.C23H29ClN2O4.C23H30N2O4.C22H27BN2O4.C6H14O2.CH4.2ClH.Cu/c2*1-4-13-12-26-9-7-15-20-19(29-2)6-5-17(24)22(20)25-21(15)18(26)11-16(13)14(8-10-27)23(28)30-3;1-4-14-13-25-10-8-16-21-18(6-5-7-20(21)28-2)24-22(16)19(25)12-17(14)15(9-11-26)23(27)29-3;1-3-12-11-25-8-6-14-19-18(27)5-4-16(23)21(19)24-20(14)17(25)10-15(12)13(7-9-26)22(28)29-2;1-5(2,7)6(3,4)8;;;;/h2*5-6,8,13,16,18,25,27H,4,7,9-12H2,1-3H3;5-7,9,14,17,19,24,26H,4,8,10-13H2,1-3H3;4-5,7,12,15,17,24,26-27H,3,6,8-11H2,1-2H3;7-8H,1-4H3;1H4;2*1H;/q;;;;;;;;+2/p-2/b2*14-8+;15-9+;13-7+;;;;;/t2*13-,16+,18+;14-,17+,19+;12-,15+,17+;;;;;/m1111...../s1. The number of aromatic nitrogens is 4. The second-order valence-corrected chi connectivity index (χ2v) is 38.3. The van der Waals surface area contributed by atoms with E-state index < -0.39 is 11.2 Å². The van der Waals surface area contributed by atoms with Crippen molar-refractivity contribution >= 4 is 129 Å². The van der Waals surface area contributed by atoms with Crippen LogP contribution in [0, 0.1) is 47.3 Å². The number of hydrogen-bond donors (Lipinski definition) is 11. The Hall–Kier alpha value is -7.39. The molecule has 8 aromatic rings. The van der Waals surface area contributed by atoms with Gasteiger partial charge in [0.15, 0.2) is 0 Å². The van der Waals surface area contributed by atoms with Gasteiger partial charge in [0.25, 0.3) is 0 Å². The number of hydrogen-bond acceptors (Lipinski definition) is 22. The van der Waals surface area contributed by atoms with E-state index in [2.05, 4.69) is 109 Å². The van der Waals surface area contributed by atoms with Crippen LogP contribution in [-0.4, -0.2) is 247 Å². The van der Waals surface area contributed by atoms with E-state index in [1.165, 1.54) is 61.9 Å². The predicted molar refractivity (Wildman–Crippen MR) is 512 cm³/mol. The van der Waals surface area contributed by atoms with Crippen molar-refractivity contribution in [2.45, 2.75) is 175 Å². The first kappa shape index (κ1) is 105. The number of aromatic hydroxyl groups is 1. The van der Waals surface area contributed by atoms with Gasteiger partial charge in [0.1, 0.15) is 30.8 Å². The van der Waals surface area contributed by atoms with Crippen LogP contribution in [0.25, 0.3) is 43.6 Å². The quantitative estimate of drug-likeness (QED) is 0.0146. The number of phenols is 1. The second-order valence-electron chi connectivity index (χ2n) is 35.5. The Labute approximate surface area is 793 Å². The van der Waals surface area contributed by atoms with Gasteiger partial charge in [-0.25, -0.2) is 19.2 Å². The molecule has 26 nitrogen and oxygen atoms in total. The Morgan fingerprint density at radius 1 is 0.462 bits per heavy atom. The fourth-order valence-corrected chi connectivity index (χ4v) is 22.0. The number of carbonyl (C=O) groups is 4. The molecule has 4 aromatic carbocycles. The van der Waals surface area contributed by atoms with Crippen molar-refractivity contribution in [3.8, 4) is 23.0 Å². The number of carbonyl (C=O) groups excluding carboxylic acids is 4. The number of esters is 4. The number of piperidine rings is 4. The van der Waals surface area contributed by atoms with E-state index in [0.717, 1.165) is 219 Å². The Morgan fingerprint density at radius 2 is 0.769 bits per heavy atom. The number of nitrogens with zero attached hydrogens (tertiary/aromatic N) is 4. The molecule has 32 heteroatoms. The molecule has 4 saturated heterocycles. The Morgan fingerprint density at radius 3 is 1.10 bits per heavy atom. The zero-order valence-corrected chi connectivity index (χ0v) is 81.5. The van der Waals surface area contributed by atoms with Crippen LogP contribution in [0.4, 0.5) is 0 Å². The van der Waals surface area contributed by atoms with Crippen LogP contribution in [0.5, 0.6) is 23.0 Å². The number of aromatic amines is 4. The molecule has 0 saturated carbocycles. The molecular weight excluding hydrogens is 1840 g/mol. The first-order valence-corrected chi connectivity index (χ1v) is 48.4. The maximum absolute atomic E-state index is 12.5. The molecule has 715 valence electrons. The topological polar surface area (TPSA) is 351 Å². The molecule has 4 aromatic heterocycles. The van der Waals surface area contributed by atoms with Crippen molar-refractivity contribution in [1.82, 2.24) is 39.5 Å². The summed E-state index contributed by atoms with van der Waals surface area (Å²) in [5.41, 5.74) is 14.5. The summed E-state index contributed by atoms with van der Waals surface area (Å²) in [5, 5.41) is 71.6. The van der Waals surface area contributed by atoms with Crippen molar-refractivity contribution in [2.24, 2.45) is 47.3 Å². The SMILES string of the molecule is C.CC(C)(O)C(C)(C)O.CC[C@@H]1CN2CCc3c([nH]c4c(Br)ccc(OC)c34)[C@@H]2C[C@@H]1/C(=C\CO)C(=O)OC.CC[C@@H]1CN2CCc3c([nH]c4c(Cl)ccc(OC)c34)[C@@H]2C[C@@H]1/C(=C\CO)C(=O)OC.CC[C@@H]1CN2CCc3c([nH]c4cccc(OC)c34)[C@@H]2C[C@@H]1/C(=C\CO)C(=O)OC.[B]c1ccc(O)c2c3c([nH]c12)[C@@H]1C[C@H](/C(=C\CO)C(=O)OC)[C@H](CC)CN1CC3.[Cl][Cu][Cl]. The van der Waals surface area contributed by atoms with E-state index in [1.807, 2.05) is 36.4 Å². The summed E-state index contributed by atoms with van der Waals surface area (Å²) in [6.45, 7) is 21.8. The molecule has 0 amide bonds. The third kappa shape index (κ3) is 21.9. The van der Waals surface area contributed by atoms with Crippen molar-refractivity contribution < 1.29 is 101 Å². The number of benzene rings is 4. The van der Waals surface area contributed by atoms with Crippen LogP contribution in [0.2, 0.25) is 5.02 Å². The molecule has 0 bridgehead atoms. The number of rotatable bonds is 20. The molecule has 0 aliphatic carbocycles. The van der Waals surface area contributed by atoms with Crippen LogP contribution in [0.3, 0.4) is 0 Å². The fraction of sp³-hybridized carbons (Fsp3) is 0.551. The van der Waals surface area contributed by atoms with Gasteiger partial charge in [-0.1, -0.05) is 90.0 Å². The van der Waals surface area contributed by atoms with Gasteiger partial charge < -0.3 is 88.8 Å². The number of aliphatic hydroxyl groups is 6. The zero-order valence-electron chi connectivity index (χ0n) is 76.7. The van der Waals surface area contributed by atoms with Gasteiger partial charge in [-0.15, -0.1) is 0 Å². The monoisotopic (exact) mass is 1970 g/mol. The summed E-state index contributed by atoms with van der Waals surface area (Å²) < 4.78 is 38.1. The molecule has 4 fully saturated rings. The van der Waals surface area contributed by atoms with Crippen molar-refractivity contribution in [2.75, 3.05) is 129 Å². The molecule has 130 heavy (non-hydrogen) atoms. The first-order valence-electron chi connectivity index (χ1n) is 44.7. The van der Waals surface area contributed by atoms with Gasteiger partial charge in [0.2, 0.25) is 0 Å². The summed E-state index contributed by atoms with van der Waals surface area (Å²) in [4.78, 5) is 74.3. The van der Waals surface area contributed by atoms with Gasteiger partial charge in [-0.2, -0.15) is 0 Å². The van der Waals surface area contributed by atoms with E-state index >= 15 is 0 Å². The molecule has 0 spiro atoms. The average Bonchev–Trinajstić information content (AvgIpc) is 1.60. The van der Waals surface area contributed by atoms with Crippen LogP contribution >= 0.6 is 47.7 Å². The minimum atomic E-state index is -1.01. The van der Waals surface area contributed by atoms with Crippen LogP contribution in [0.1, 0.15) is 183 Å². The number of H-pyrrole nitrogens is 4. The summed E-state index contributed by atoms with van der Waals surface area (Å²) in [6, 6.07) is 17.9. The molecule has 12 heterocycles. The summed E-state index contributed by atoms with van der Waals surface area (Å²) in [6.07, 6.45) is 17.3. The minimum absolute atomic E-state index is 0. The van der Waals surface area contributed by atoms with Gasteiger partial charge in [-0.05, 0) is 231 Å². The number of ether oxygens (including phenoxy) is 7. The maximum atomic E-state index is 12.5. The summed E-state index contributed by atoms with van der Waals surface area (Å²) in [5.74, 6) is 3.00. The number of aliphatic hydroxyl groups excluding tert-OH is 4. The van der Waals surface area contributed by atoms with E-state index in [-0.39, 0.29) is 111 Å². The average molecular weight is 1970 g/mol. The van der Waals surface area contributed by atoms with Gasteiger partial charge >= 0.3 is 57.2 Å². The number of phenolic OH excluding ortho intramolecular Hbond substituents is 1. The Bertz CT molecular complexity index is 5210. The van der Waals surface area contributed by atoms with Crippen molar-refractivity contribution in [3.63, 3.8) is 0 Å². The third-order valence-corrected chi connectivity index (χ3v) is 29.5. The Balaban J connectivity index is 0.000000173. The number of fused-ring (bicyclic) bond motifs is 20. The molecule has 12 atom stereocenters. The first-order chi connectivity index (χ1) is 61.8. The number of nitrogens with one attached hydrogen (secondary N) is 4. The van der Waals surface area contributed by atoms with E-state index in [9.17, 15) is 44.7 Å². The van der Waals surface area contributed by atoms with Crippen molar-refractivity contribution in [3.05, 3.63) is 156 Å². The summed E-state index contributed by atoms with van der Waals surface area (Å²) >= 11 is 10.9. The normalized spacial score (nSPS) is 23.4. The summed E-state index contributed by atoms with van der Waals surface area (Å²) in [7, 11) is 26.2. The zero-order chi connectivity index (χ0) is 93.8. The molecule has 8 aliphatic rings. The van der Waals surface area contributed by atoms with Gasteiger partial charge in [0.05, 0.1) is 128 Å². The molecule has 16 rings (SSSR count). The predicted octanol–water partition coefficient (Wildman–Crippen LogP) is 15.3. The fourth-order valence-electron chi connectivity index (χ4n) is 21.4. The molecule has 8 aliphatic heterocycles.